The fourth-order valence-electron chi connectivity index (χ4n) is 3.40. The van der Waals surface area contributed by atoms with Crippen molar-refractivity contribution in [2.24, 2.45) is 5.41 Å². The molecule has 0 N–H and O–H groups in total. The Morgan fingerprint density at radius 3 is 2.71 bits per heavy atom. The third kappa shape index (κ3) is 1.80. The van der Waals surface area contributed by atoms with E-state index in [-0.39, 0.29) is 17.9 Å². The van der Waals surface area contributed by atoms with Gasteiger partial charge in [0.1, 0.15) is 12.1 Å². The second-order valence-electron chi connectivity index (χ2n) is 6.04. The molecule has 2 saturated heterocycles. The number of nitriles is 1. The molecule has 0 aromatic carbocycles. The smallest absolute Gasteiger partial charge is 0.246 e. The molecule has 2 aliphatic rings. The van der Waals surface area contributed by atoms with Gasteiger partial charge in [-0.25, -0.2) is 0 Å². The van der Waals surface area contributed by atoms with Crippen LogP contribution in [-0.2, 0) is 9.59 Å². The predicted molar refractivity (Wildman–Crippen MR) is 78.3 cm³/mol. The van der Waals surface area contributed by atoms with Gasteiger partial charge in [-0.3, -0.25) is 9.59 Å². The zero-order chi connectivity index (χ0) is 15.4. The Labute approximate surface area is 127 Å². The lowest BCUT2D eigenvalue weighted by molar-refractivity contribution is -0.159. The number of hydrogen-bond donors (Lipinski definition) is 0. The van der Waals surface area contributed by atoms with Crippen LogP contribution in [-0.4, -0.2) is 40.7 Å². The molecule has 2 aliphatic heterocycles. The summed E-state index contributed by atoms with van der Waals surface area (Å²) in [6.07, 6.45) is 0.397. The fourth-order valence-corrected chi connectivity index (χ4v) is 4.37. The van der Waals surface area contributed by atoms with Crippen LogP contribution in [0.15, 0.2) is 17.5 Å². The Balaban J connectivity index is 2.12. The van der Waals surface area contributed by atoms with E-state index in [1.165, 1.54) is 16.2 Å². The van der Waals surface area contributed by atoms with Gasteiger partial charge in [0.25, 0.3) is 0 Å². The van der Waals surface area contributed by atoms with Crippen LogP contribution in [0, 0.1) is 16.7 Å². The van der Waals surface area contributed by atoms with Crippen LogP contribution >= 0.6 is 11.3 Å². The van der Waals surface area contributed by atoms with E-state index in [1.807, 2.05) is 24.4 Å². The number of piperazine rings is 1. The van der Waals surface area contributed by atoms with Crippen molar-refractivity contribution in [3.63, 3.8) is 0 Å². The van der Waals surface area contributed by atoms with Gasteiger partial charge in [-0.2, -0.15) is 5.26 Å². The molecule has 21 heavy (non-hydrogen) atoms. The van der Waals surface area contributed by atoms with Crippen molar-refractivity contribution >= 4 is 23.2 Å². The average molecular weight is 303 g/mol. The molecule has 0 spiro atoms. The normalized spacial score (nSPS) is 35.8. The highest BCUT2D eigenvalue weighted by molar-refractivity contribution is 7.10. The van der Waals surface area contributed by atoms with Crippen LogP contribution < -0.4 is 0 Å². The molecule has 2 fully saturated rings. The predicted octanol–water partition coefficient (Wildman–Crippen LogP) is 1.78. The Bertz CT molecular complexity index is 636. The summed E-state index contributed by atoms with van der Waals surface area (Å²) < 4.78 is 0. The van der Waals surface area contributed by atoms with Gasteiger partial charge in [-0.05, 0) is 31.7 Å². The average Bonchev–Trinajstić information content (AvgIpc) is 3.08. The summed E-state index contributed by atoms with van der Waals surface area (Å²) in [6, 6.07) is 4.87. The second-order valence-corrected chi connectivity index (χ2v) is 7.02. The van der Waals surface area contributed by atoms with Crippen LogP contribution in [0.1, 0.15) is 31.2 Å². The first kappa shape index (κ1) is 14.1. The fraction of sp³-hybridized carbons (Fsp3) is 0.533. The van der Waals surface area contributed by atoms with E-state index in [0.29, 0.717) is 6.42 Å². The van der Waals surface area contributed by atoms with E-state index in [4.69, 9.17) is 0 Å². The molecule has 4 atom stereocenters. The molecule has 2 amide bonds. The number of likely N-dealkylation sites (N-methyl/N-ethyl adjacent to an activating group) is 1. The number of amides is 2. The highest BCUT2D eigenvalue weighted by Gasteiger charge is 2.58. The van der Waals surface area contributed by atoms with E-state index in [0.717, 1.165) is 4.88 Å². The van der Waals surface area contributed by atoms with Crippen molar-refractivity contribution in [3.05, 3.63) is 22.4 Å². The molecule has 0 aliphatic carbocycles. The number of thiophene rings is 1. The summed E-state index contributed by atoms with van der Waals surface area (Å²) in [5, 5.41) is 11.6. The topological polar surface area (TPSA) is 64.4 Å². The van der Waals surface area contributed by atoms with E-state index >= 15 is 0 Å². The Kier molecular flexibility index (Phi) is 3.06. The van der Waals surface area contributed by atoms with Gasteiger partial charge in [-0.15, -0.1) is 11.3 Å². The monoisotopic (exact) mass is 303 g/mol. The molecule has 6 heteroatoms. The summed E-state index contributed by atoms with van der Waals surface area (Å²) in [4.78, 5) is 29.3. The molecule has 1 aromatic heterocycles. The van der Waals surface area contributed by atoms with Crippen molar-refractivity contribution < 1.29 is 9.59 Å². The van der Waals surface area contributed by atoms with E-state index in [2.05, 4.69) is 6.07 Å². The minimum Gasteiger partial charge on any atom is -0.332 e. The lowest BCUT2D eigenvalue weighted by Gasteiger charge is -2.41. The van der Waals surface area contributed by atoms with Crippen LogP contribution in [0.4, 0.5) is 0 Å². The van der Waals surface area contributed by atoms with Crippen molar-refractivity contribution in [3.8, 4) is 6.07 Å². The molecule has 0 bridgehead atoms. The molecule has 3 rings (SSSR count). The third-order valence-corrected chi connectivity index (χ3v) is 5.65. The Hall–Kier alpha value is -1.87. The molecular weight excluding hydrogens is 286 g/mol. The van der Waals surface area contributed by atoms with Gasteiger partial charge in [-0.1, -0.05) is 6.07 Å². The van der Waals surface area contributed by atoms with Crippen molar-refractivity contribution in [1.29, 1.82) is 5.26 Å². The first-order chi connectivity index (χ1) is 9.90. The van der Waals surface area contributed by atoms with Crippen LogP contribution in [0.25, 0.3) is 0 Å². The zero-order valence-electron chi connectivity index (χ0n) is 12.2. The van der Waals surface area contributed by atoms with Crippen molar-refractivity contribution in [2.45, 2.75) is 38.4 Å². The third-order valence-electron chi connectivity index (χ3n) is 4.73. The molecular formula is C15H17N3O2S. The number of hydrogen-bond acceptors (Lipinski definition) is 4. The summed E-state index contributed by atoms with van der Waals surface area (Å²) in [7, 11) is 1.66. The second kappa shape index (κ2) is 4.57. The summed E-state index contributed by atoms with van der Waals surface area (Å²) >= 11 is 1.53. The van der Waals surface area contributed by atoms with Crippen LogP contribution in [0.2, 0.25) is 0 Å². The van der Waals surface area contributed by atoms with Gasteiger partial charge in [0.2, 0.25) is 11.8 Å². The Morgan fingerprint density at radius 2 is 2.14 bits per heavy atom. The maximum absolute atomic E-state index is 12.7. The summed E-state index contributed by atoms with van der Waals surface area (Å²) in [6.45, 7) is 3.59. The number of rotatable bonds is 1. The number of nitrogens with zero attached hydrogens (tertiary/aromatic N) is 3. The molecule has 5 nitrogen and oxygen atoms in total. The number of fused-ring (bicyclic) bond motifs is 1. The van der Waals surface area contributed by atoms with Crippen LogP contribution in [0.3, 0.4) is 0 Å². The maximum Gasteiger partial charge on any atom is 0.246 e. The number of carbonyl (C=O) groups excluding carboxylic acids is 2. The summed E-state index contributed by atoms with van der Waals surface area (Å²) in [5.74, 6) is -0.137. The zero-order valence-corrected chi connectivity index (χ0v) is 13.1. The van der Waals surface area contributed by atoms with Gasteiger partial charge in [0.05, 0.1) is 17.5 Å². The lowest BCUT2D eigenvalue weighted by Crippen LogP contribution is -2.60. The highest BCUT2D eigenvalue weighted by Crippen LogP contribution is 2.52. The minimum absolute atomic E-state index is 0.0670. The van der Waals surface area contributed by atoms with Gasteiger partial charge < -0.3 is 9.80 Å². The maximum atomic E-state index is 12.7. The highest BCUT2D eigenvalue weighted by atomic mass is 32.1. The van der Waals surface area contributed by atoms with Crippen molar-refractivity contribution in [2.75, 3.05) is 7.05 Å². The summed E-state index contributed by atoms with van der Waals surface area (Å²) in [5.41, 5.74) is -0.730. The van der Waals surface area contributed by atoms with Crippen molar-refractivity contribution in [1.82, 2.24) is 9.80 Å². The van der Waals surface area contributed by atoms with Gasteiger partial charge >= 0.3 is 0 Å². The number of carbonyl (C=O) groups is 2. The molecule has 0 saturated carbocycles. The lowest BCUT2D eigenvalue weighted by atomic mass is 9.82. The van der Waals surface area contributed by atoms with E-state index in [9.17, 15) is 14.9 Å². The van der Waals surface area contributed by atoms with E-state index in [1.54, 1.807) is 18.9 Å². The Morgan fingerprint density at radius 1 is 1.43 bits per heavy atom. The SMILES string of the molecule is CC1C(=O)N2C(c3cccs3)[C@@](C)(C#N)C[C@H]2C(=O)N1C. The first-order valence-corrected chi connectivity index (χ1v) is 7.82. The van der Waals surface area contributed by atoms with E-state index < -0.39 is 17.5 Å². The molecule has 2 unspecified atom stereocenters. The molecule has 1 aromatic rings. The molecule has 3 heterocycles. The molecule has 110 valence electrons. The first-order valence-electron chi connectivity index (χ1n) is 6.94. The molecule has 0 radical (unpaired) electrons. The van der Waals surface area contributed by atoms with Gasteiger partial charge in [0.15, 0.2) is 0 Å². The van der Waals surface area contributed by atoms with Gasteiger partial charge in [0, 0.05) is 11.9 Å². The minimum atomic E-state index is -0.730. The largest absolute Gasteiger partial charge is 0.332 e. The van der Waals surface area contributed by atoms with Crippen LogP contribution in [0.5, 0.6) is 0 Å². The standard InChI is InChI=1S/C15H17N3O2S/c1-9-13(19)18-10(14(20)17(9)3)7-15(2,8-16)12(18)11-5-4-6-21-11/h4-6,9-10,12H,7H2,1-3H3/t9?,10-,12?,15+/m0/s1. The quantitative estimate of drug-likeness (QED) is 0.794.